The van der Waals surface area contributed by atoms with Gasteiger partial charge in [-0.25, -0.2) is 4.79 Å². The van der Waals surface area contributed by atoms with Crippen LogP contribution in [0.4, 0.5) is 5.69 Å². The minimum Gasteiger partial charge on any atom is -0.508 e. The number of methoxy groups -OCH3 is 2. The van der Waals surface area contributed by atoms with Gasteiger partial charge < -0.3 is 29.4 Å². The lowest BCUT2D eigenvalue weighted by Gasteiger charge is -2.13. The number of aromatic hydroxyl groups is 1. The Morgan fingerprint density at radius 3 is 2.34 bits per heavy atom. The number of esters is 1. The lowest BCUT2D eigenvalue weighted by atomic mass is 10.1. The Kier molecular flexibility index (Phi) is 8.69. The van der Waals surface area contributed by atoms with Crippen LogP contribution in [0.25, 0.3) is 0 Å². The van der Waals surface area contributed by atoms with Gasteiger partial charge in [-0.15, -0.1) is 0 Å². The molecule has 35 heavy (non-hydrogen) atoms. The standard InChI is InChI=1S/C27H29NO7/c1-17-15-22(10-12-24(17)29)35-27(31)19-5-7-20(8-6-19)28-26(30)23-11-9-21(16-25(23)33-4)34-14-13-18(2)32-3/h5-12,15-16,18,29H,13-14H2,1-4H3,(H,28,30). The van der Waals surface area contributed by atoms with Crippen molar-refractivity contribution in [3.63, 3.8) is 0 Å². The van der Waals surface area contributed by atoms with Crippen LogP contribution in [-0.4, -0.2) is 43.9 Å². The van der Waals surface area contributed by atoms with Crippen molar-refractivity contribution in [3.8, 4) is 23.0 Å². The van der Waals surface area contributed by atoms with Crippen LogP contribution in [0.3, 0.4) is 0 Å². The fraction of sp³-hybridized carbons (Fsp3) is 0.259. The number of carbonyl (C=O) groups excluding carboxylic acids is 2. The number of amides is 1. The average molecular weight is 480 g/mol. The Bertz CT molecular complexity index is 1170. The van der Waals surface area contributed by atoms with E-state index in [0.717, 1.165) is 6.42 Å². The van der Waals surface area contributed by atoms with Crippen LogP contribution in [-0.2, 0) is 4.74 Å². The third kappa shape index (κ3) is 6.97. The van der Waals surface area contributed by atoms with Gasteiger partial charge in [0.15, 0.2) is 0 Å². The summed E-state index contributed by atoms with van der Waals surface area (Å²) in [5.74, 6) is 0.509. The molecule has 184 valence electrons. The Hall–Kier alpha value is -4.04. The predicted octanol–water partition coefficient (Wildman–Crippen LogP) is 4.98. The summed E-state index contributed by atoms with van der Waals surface area (Å²) in [7, 11) is 3.14. The number of benzene rings is 3. The fourth-order valence-electron chi connectivity index (χ4n) is 3.15. The lowest BCUT2D eigenvalue weighted by molar-refractivity contribution is 0.0734. The largest absolute Gasteiger partial charge is 0.508 e. The summed E-state index contributed by atoms with van der Waals surface area (Å²) in [5, 5.41) is 12.4. The lowest BCUT2D eigenvalue weighted by Crippen LogP contribution is -2.14. The molecule has 1 atom stereocenters. The van der Waals surface area contributed by atoms with Gasteiger partial charge in [-0.05, 0) is 74.0 Å². The van der Waals surface area contributed by atoms with E-state index < -0.39 is 5.97 Å². The number of hydrogen-bond acceptors (Lipinski definition) is 7. The van der Waals surface area contributed by atoms with Crippen molar-refractivity contribution >= 4 is 17.6 Å². The van der Waals surface area contributed by atoms with E-state index in [1.807, 2.05) is 6.92 Å². The van der Waals surface area contributed by atoms with Gasteiger partial charge in [0.2, 0.25) is 0 Å². The number of hydrogen-bond donors (Lipinski definition) is 2. The Balaban J connectivity index is 1.62. The molecule has 0 heterocycles. The molecular weight excluding hydrogens is 450 g/mol. The highest BCUT2D eigenvalue weighted by Gasteiger charge is 2.15. The smallest absolute Gasteiger partial charge is 0.343 e. The molecule has 0 saturated heterocycles. The number of rotatable bonds is 10. The van der Waals surface area contributed by atoms with E-state index in [-0.39, 0.29) is 17.8 Å². The molecular formula is C27H29NO7. The first-order valence-corrected chi connectivity index (χ1v) is 11.1. The van der Waals surface area contributed by atoms with E-state index in [0.29, 0.717) is 46.2 Å². The zero-order chi connectivity index (χ0) is 25.4. The SMILES string of the molecule is COc1cc(OCCC(C)OC)ccc1C(=O)Nc1ccc(C(=O)Oc2ccc(O)c(C)c2)cc1. The molecule has 0 aliphatic heterocycles. The predicted molar refractivity (Wildman–Crippen MR) is 132 cm³/mol. The van der Waals surface area contributed by atoms with E-state index in [1.54, 1.807) is 62.6 Å². The van der Waals surface area contributed by atoms with E-state index in [2.05, 4.69) is 5.32 Å². The summed E-state index contributed by atoms with van der Waals surface area (Å²) >= 11 is 0. The van der Waals surface area contributed by atoms with Crippen LogP contribution < -0.4 is 19.5 Å². The van der Waals surface area contributed by atoms with Crippen molar-refractivity contribution in [2.45, 2.75) is 26.4 Å². The van der Waals surface area contributed by atoms with Crippen molar-refractivity contribution in [2.24, 2.45) is 0 Å². The van der Waals surface area contributed by atoms with Gasteiger partial charge >= 0.3 is 5.97 Å². The number of aryl methyl sites for hydroxylation is 1. The minimum absolute atomic E-state index is 0.0900. The van der Waals surface area contributed by atoms with Gasteiger partial charge in [-0.3, -0.25) is 4.79 Å². The fourth-order valence-corrected chi connectivity index (χ4v) is 3.15. The second kappa shape index (κ2) is 11.9. The third-order valence-corrected chi connectivity index (χ3v) is 5.37. The molecule has 0 spiro atoms. The Morgan fingerprint density at radius 1 is 0.971 bits per heavy atom. The molecule has 0 radical (unpaired) electrons. The van der Waals surface area contributed by atoms with Crippen molar-refractivity contribution in [3.05, 3.63) is 77.4 Å². The zero-order valence-electron chi connectivity index (χ0n) is 20.2. The van der Waals surface area contributed by atoms with Gasteiger partial charge in [0, 0.05) is 25.3 Å². The molecule has 8 nitrogen and oxygen atoms in total. The van der Waals surface area contributed by atoms with Gasteiger partial charge in [-0.1, -0.05) is 0 Å². The van der Waals surface area contributed by atoms with Crippen molar-refractivity contribution < 1.29 is 33.6 Å². The number of nitrogens with one attached hydrogen (secondary N) is 1. The second-order valence-electron chi connectivity index (χ2n) is 7.91. The topological polar surface area (TPSA) is 103 Å². The highest BCUT2D eigenvalue weighted by atomic mass is 16.5. The first-order chi connectivity index (χ1) is 16.8. The zero-order valence-corrected chi connectivity index (χ0v) is 20.2. The van der Waals surface area contributed by atoms with Crippen LogP contribution in [0.1, 0.15) is 39.6 Å². The number of phenols is 1. The summed E-state index contributed by atoms with van der Waals surface area (Å²) in [4.78, 5) is 25.2. The number of carbonyl (C=O) groups is 2. The maximum atomic E-state index is 12.8. The molecule has 1 unspecified atom stereocenters. The molecule has 8 heteroatoms. The highest BCUT2D eigenvalue weighted by molar-refractivity contribution is 6.06. The van der Waals surface area contributed by atoms with Gasteiger partial charge in [-0.2, -0.15) is 0 Å². The van der Waals surface area contributed by atoms with Crippen LogP contribution in [0.2, 0.25) is 0 Å². The number of anilines is 1. The molecule has 0 aromatic heterocycles. The molecule has 0 bridgehead atoms. The van der Waals surface area contributed by atoms with Crippen molar-refractivity contribution in [2.75, 3.05) is 26.1 Å². The molecule has 3 aromatic rings. The Morgan fingerprint density at radius 2 is 1.69 bits per heavy atom. The molecule has 0 fully saturated rings. The van der Waals surface area contributed by atoms with Crippen molar-refractivity contribution in [1.29, 1.82) is 0 Å². The van der Waals surface area contributed by atoms with Crippen LogP contribution in [0, 0.1) is 6.92 Å². The molecule has 3 aromatic carbocycles. The quantitative estimate of drug-likeness (QED) is 0.312. The summed E-state index contributed by atoms with van der Waals surface area (Å²) in [6.07, 6.45) is 0.825. The third-order valence-electron chi connectivity index (χ3n) is 5.37. The van der Waals surface area contributed by atoms with E-state index in [1.165, 1.54) is 19.2 Å². The summed E-state index contributed by atoms with van der Waals surface area (Å²) in [6.45, 7) is 4.15. The molecule has 1 amide bonds. The first kappa shape index (κ1) is 25.6. The molecule has 0 aliphatic rings. The van der Waals surface area contributed by atoms with Crippen molar-refractivity contribution in [1.82, 2.24) is 0 Å². The maximum Gasteiger partial charge on any atom is 0.343 e. The minimum atomic E-state index is -0.551. The van der Waals surface area contributed by atoms with Gasteiger partial charge in [0.1, 0.15) is 23.0 Å². The van der Waals surface area contributed by atoms with Gasteiger partial charge in [0.05, 0.1) is 30.9 Å². The van der Waals surface area contributed by atoms with E-state index in [9.17, 15) is 14.7 Å². The van der Waals surface area contributed by atoms with E-state index >= 15 is 0 Å². The maximum absolute atomic E-state index is 12.8. The highest BCUT2D eigenvalue weighted by Crippen LogP contribution is 2.26. The second-order valence-corrected chi connectivity index (χ2v) is 7.91. The first-order valence-electron chi connectivity index (χ1n) is 11.1. The molecule has 0 aliphatic carbocycles. The van der Waals surface area contributed by atoms with Gasteiger partial charge in [0.25, 0.3) is 5.91 Å². The summed E-state index contributed by atoms with van der Waals surface area (Å²) in [5.41, 5.74) is 1.76. The average Bonchev–Trinajstić information content (AvgIpc) is 2.86. The summed E-state index contributed by atoms with van der Waals surface area (Å²) < 4.78 is 21.6. The molecule has 0 saturated carbocycles. The monoisotopic (exact) mass is 479 g/mol. The van der Waals surface area contributed by atoms with Crippen LogP contribution in [0.15, 0.2) is 60.7 Å². The Labute approximate surface area is 204 Å². The molecule has 3 rings (SSSR count). The number of ether oxygens (including phenoxy) is 4. The van der Waals surface area contributed by atoms with Crippen LogP contribution in [0.5, 0.6) is 23.0 Å². The van der Waals surface area contributed by atoms with Crippen LogP contribution >= 0.6 is 0 Å². The number of phenolic OH excluding ortho intramolecular Hbond substituents is 1. The molecule has 2 N–H and O–H groups in total. The normalized spacial score (nSPS) is 11.4. The summed E-state index contributed by atoms with van der Waals surface area (Å²) in [6, 6.07) is 15.9. The van der Waals surface area contributed by atoms with E-state index in [4.69, 9.17) is 18.9 Å².